The Labute approximate surface area is 239 Å². The molecule has 1 N–H and O–H groups in total. The van der Waals surface area contributed by atoms with Gasteiger partial charge >= 0.3 is 6.03 Å². The normalized spacial score (nSPS) is 17.8. The molecule has 2 saturated heterocycles. The summed E-state index contributed by atoms with van der Waals surface area (Å²) in [7, 11) is 4.69. The van der Waals surface area contributed by atoms with Crippen molar-refractivity contribution in [2.75, 3.05) is 52.4 Å². The summed E-state index contributed by atoms with van der Waals surface area (Å²) in [5, 5.41) is 2.53. The molecular weight excluding hydrogens is 531 g/mol. The summed E-state index contributed by atoms with van der Waals surface area (Å²) in [5.74, 6) is -0.892. The van der Waals surface area contributed by atoms with Crippen LogP contribution in [0.25, 0.3) is 0 Å². The molecule has 0 radical (unpaired) electrons. The Balaban J connectivity index is 0.000000909. The minimum absolute atomic E-state index is 0.0666. The Morgan fingerprint density at radius 3 is 2.24 bits per heavy atom. The lowest BCUT2D eigenvalue weighted by molar-refractivity contribution is -0.136. The number of nitrogens with zero attached hydrogens (tertiary/aromatic N) is 3. The quantitative estimate of drug-likeness (QED) is 0.512. The number of ether oxygens (including phenoxy) is 2. The summed E-state index contributed by atoms with van der Waals surface area (Å²) in [6.07, 6.45) is 2.57. The smallest absolute Gasteiger partial charge is 0.331 e. The second-order valence-electron chi connectivity index (χ2n) is 10.4. The fourth-order valence-electron chi connectivity index (χ4n) is 5.23. The van der Waals surface area contributed by atoms with Crippen LogP contribution in [0, 0.1) is 5.82 Å². The first-order valence-corrected chi connectivity index (χ1v) is 13.8. The molecule has 2 aliphatic heterocycles. The SMILES string of the molecule is CCOC.COc1ccc(N2C(=O)N(C)C(=O)C23CCN(C(=O)CNC(=O)c2cc(C4CC4)ccc2F)CC3)cc1. The van der Waals surface area contributed by atoms with Crippen LogP contribution in [-0.4, -0.2) is 86.6 Å². The monoisotopic (exact) mass is 568 g/mol. The number of carbonyl (C=O) groups is 4. The topological polar surface area (TPSA) is 108 Å². The van der Waals surface area contributed by atoms with E-state index in [1.54, 1.807) is 55.5 Å². The van der Waals surface area contributed by atoms with E-state index >= 15 is 0 Å². The van der Waals surface area contributed by atoms with E-state index in [2.05, 4.69) is 10.1 Å². The first kappa shape index (κ1) is 30.0. The largest absolute Gasteiger partial charge is 0.497 e. The summed E-state index contributed by atoms with van der Waals surface area (Å²) in [6, 6.07) is 11.0. The van der Waals surface area contributed by atoms with Gasteiger partial charge in [-0.15, -0.1) is 0 Å². The van der Waals surface area contributed by atoms with Gasteiger partial charge in [-0.2, -0.15) is 0 Å². The molecule has 3 aliphatic rings. The molecule has 0 unspecified atom stereocenters. The highest BCUT2D eigenvalue weighted by Crippen LogP contribution is 2.41. The number of hydrogen-bond acceptors (Lipinski definition) is 6. The van der Waals surface area contributed by atoms with Crippen molar-refractivity contribution >= 4 is 29.4 Å². The fourth-order valence-corrected chi connectivity index (χ4v) is 5.23. The zero-order valence-electron chi connectivity index (χ0n) is 23.9. The molecule has 11 heteroatoms. The van der Waals surface area contributed by atoms with Gasteiger partial charge in [0, 0.05) is 39.5 Å². The lowest BCUT2D eigenvalue weighted by Gasteiger charge is -2.42. The minimum atomic E-state index is -1.09. The number of anilines is 1. The molecule has 2 heterocycles. The molecule has 3 fully saturated rings. The predicted octanol–water partition coefficient (Wildman–Crippen LogP) is 3.55. The zero-order valence-corrected chi connectivity index (χ0v) is 23.9. The number of likely N-dealkylation sites (tertiary alicyclic amines) is 1. The number of nitrogens with one attached hydrogen (secondary N) is 1. The molecule has 41 heavy (non-hydrogen) atoms. The highest BCUT2D eigenvalue weighted by Gasteiger charge is 2.57. The van der Waals surface area contributed by atoms with Gasteiger partial charge in [0.15, 0.2) is 0 Å². The third-order valence-electron chi connectivity index (χ3n) is 7.86. The number of amides is 5. The maximum Gasteiger partial charge on any atom is 0.331 e. The van der Waals surface area contributed by atoms with Crippen LogP contribution in [0.5, 0.6) is 5.75 Å². The van der Waals surface area contributed by atoms with Gasteiger partial charge in [0.05, 0.1) is 19.2 Å². The molecule has 220 valence electrons. The average Bonchev–Trinajstić information content (AvgIpc) is 3.83. The van der Waals surface area contributed by atoms with Crippen LogP contribution in [-0.2, 0) is 14.3 Å². The molecule has 0 atom stereocenters. The van der Waals surface area contributed by atoms with Gasteiger partial charge in [-0.3, -0.25) is 24.2 Å². The van der Waals surface area contributed by atoms with Crippen molar-refractivity contribution in [1.29, 1.82) is 0 Å². The number of benzene rings is 2. The van der Waals surface area contributed by atoms with Gasteiger partial charge in [-0.1, -0.05) is 6.07 Å². The molecule has 2 aromatic carbocycles. The molecule has 2 aromatic rings. The van der Waals surface area contributed by atoms with Crippen LogP contribution >= 0.6 is 0 Å². The molecule has 5 amide bonds. The molecule has 5 rings (SSSR count). The minimum Gasteiger partial charge on any atom is -0.497 e. The van der Waals surface area contributed by atoms with Crippen LogP contribution in [0.4, 0.5) is 14.9 Å². The van der Waals surface area contributed by atoms with Crippen molar-refractivity contribution in [3.8, 4) is 5.75 Å². The van der Waals surface area contributed by atoms with Crippen molar-refractivity contribution in [3.63, 3.8) is 0 Å². The van der Waals surface area contributed by atoms with Crippen molar-refractivity contribution in [3.05, 3.63) is 59.4 Å². The summed E-state index contributed by atoms with van der Waals surface area (Å²) in [4.78, 5) is 55.9. The second kappa shape index (κ2) is 12.7. The highest BCUT2D eigenvalue weighted by atomic mass is 19.1. The van der Waals surface area contributed by atoms with Crippen LogP contribution in [0.3, 0.4) is 0 Å². The van der Waals surface area contributed by atoms with Crippen molar-refractivity contribution in [1.82, 2.24) is 15.1 Å². The summed E-state index contributed by atoms with van der Waals surface area (Å²) < 4.78 is 24.0. The number of rotatable bonds is 7. The Kier molecular flexibility index (Phi) is 9.27. The number of methoxy groups -OCH3 is 2. The van der Waals surface area contributed by atoms with Crippen LogP contribution in [0.15, 0.2) is 42.5 Å². The van der Waals surface area contributed by atoms with Gasteiger partial charge in [-0.25, -0.2) is 9.18 Å². The number of carbonyl (C=O) groups excluding carboxylic acids is 4. The van der Waals surface area contributed by atoms with Gasteiger partial charge < -0.3 is 19.7 Å². The van der Waals surface area contributed by atoms with Crippen molar-refractivity contribution < 1.29 is 33.0 Å². The van der Waals surface area contributed by atoms with Crippen LogP contribution in [0.1, 0.15) is 54.4 Å². The third-order valence-corrected chi connectivity index (χ3v) is 7.86. The number of piperidine rings is 1. The van der Waals surface area contributed by atoms with Gasteiger partial charge in [-0.05, 0) is 80.5 Å². The number of likely N-dealkylation sites (N-methyl/N-ethyl adjacent to an activating group) is 1. The first-order chi connectivity index (χ1) is 19.7. The number of hydrogen-bond donors (Lipinski definition) is 1. The van der Waals surface area contributed by atoms with Crippen LogP contribution in [0.2, 0.25) is 0 Å². The number of imide groups is 1. The summed E-state index contributed by atoms with van der Waals surface area (Å²) in [5.41, 5.74) is 0.350. The Bertz CT molecular complexity index is 1290. The number of halogens is 1. The summed E-state index contributed by atoms with van der Waals surface area (Å²) >= 11 is 0. The van der Waals surface area contributed by atoms with Crippen molar-refractivity contribution in [2.24, 2.45) is 0 Å². The predicted molar refractivity (Wildman–Crippen MR) is 150 cm³/mol. The lowest BCUT2D eigenvalue weighted by atomic mass is 9.85. The average molecular weight is 569 g/mol. The van der Waals surface area contributed by atoms with E-state index < -0.39 is 23.3 Å². The molecule has 1 aliphatic carbocycles. The third kappa shape index (κ3) is 6.19. The zero-order chi connectivity index (χ0) is 29.7. The fraction of sp³-hybridized carbons (Fsp3) is 0.467. The van der Waals surface area contributed by atoms with E-state index in [0.717, 1.165) is 29.9 Å². The van der Waals surface area contributed by atoms with E-state index in [1.165, 1.54) is 18.0 Å². The van der Waals surface area contributed by atoms with Crippen molar-refractivity contribution in [2.45, 2.75) is 44.1 Å². The first-order valence-electron chi connectivity index (χ1n) is 13.8. The Morgan fingerprint density at radius 1 is 1.05 bits per heavy atom. The van der Waals surface area contributed by atoms with E-state index in [0.29, 0.717) is 17.4 Å². The molecule has 1 spiro atoms. The second-order valence-corrected chi connectivity index (χ2v) is 10.4. The highest BCUT2D eigenvalue weighted by molar-refractivity contribution is 6.16. The standard InChI is InChI=1S/C27H29FN4O5.C3H8O/c1-30-25(35)27(32(26(30)36)19-6-8-20(37-2)9-7-19)11-13-31(14-12-27)23(33)16-29-24(34)21-15-18(17-3-4-17)5-10-22(21)28;1-3-4-2/h5-10,15,17H,3-4,11-14,16H2,1-2H3,(H,29,34);3H2,1-2H3. The summed E-state index contributed by atoms with van der Waals surface area (Å²) in [6.45, 7) is 2.97. The number of urea groups is 1. The molecule has 1 saturated carbocycles. The maximum absolute atomic E-state index is 14.2. The molecule has 10 nitrogen and oxygen atoms in total. The van der Waals surface area contributed by atoms with E-state index in [1.807, 2.05) is 6.92 Å². The maximum atomic E-state index is 14.2. The van der Waals surface area contributed by atoms with E-state index in [4.69, 9.17) is 4.74 Å². The molecule has 0 aromatic heterocycles. The Hall–Kier alpha value is -3.99. The Morgan fingerprint density at radius 2 is 1.68 bits per heavy atom. The van der Waals surface area contributed by atoms with Gasteiger partial charge in [0.2, 0.25) is 5.91 Å². The van der Waals surface area contributed by atoms with Gasteiger partial charge in [0.1, 0.15) is 17.1 Å². The molecular formula is C30H37FN4O6. The van der Waals surface area contributed by atoms with Gasteiger partial charge in [0.25, 0.3) is 11.8 Å². The van der Waals surface area contributed by atoms with E-state index in [-0.39, 0.29) is 49.9 Å². The van der Waals surface area contributed by atoms with Crippen LogP contribution < -0.4 is 15.0 Å². The lowest BCUT2D eigenvalue weighted by Crippen LogP contribution is -2.58. The van der Waals surface area contributed by atoms with E-state index in [9.17, 15) is 23.6 Å². The molecule has 0 bridgehead atoms.